The number of fused-ring (bicyclic) bond motifs is 1. The first-order valence-corrected chi connectivity index (χ1v) is 15.4. The van der Waals surface area contributed by atoms with E-state index in [1.807, 2.05) is 30.5 Å². The van der Waals surface area contributed by atoms with Crippen molar-refractivity contribution in [1.82, 2.24) is 15.0 Å². The first kappa shape index (κ1) is 29.1. The van der Waals surface area contributed by atoms with E-state index >= 15 is 8.78 Å². The molecule has 0 amide bonds. The molecular weight excluding hydrogens is 568 g/mol. The fourth-order valence-corrected chi connectivity index (χ4v) is 7.36. The van der Waals surface area contributed by atoms with Gasteiger partial charge in [-0.05, 0) is 73.4 Å². The number of aryl methyl sites for hydroxylation is 1. The fraction of sp³-hybridized carbons (Fsp3) is 0.294. The zero-order valence-corrected chi connectivity index (χ0v) is 25.1. The summed E-state index contributed by atoms with van der Waals surface area (Å²) in [5.41, 5.74) is 4.44. The van der Waals surface area contributed by atoms with Crippen LogP contribution in [-0.4, -0.2) is 45.0 Å². The Kier molecular flexibility index (Phi) is 7.64. The van der Waals surface area contributed by atoms with Crippen molar-refractivity contribution in [3.05, 3.63) is 107 Å². The van der Waals surface area contributed by atoms with Crippen molar-refractivity contribution >= 4 is 28.6 Å². The number of imidazole rings is 1. The summed E-state index contributed by atoms with van der Waals surface area (Å²) in [7, 11) is 1.70. The van der Waals surface area contributed by atoms with Gasteiger partial charge in [-0.3, -0.25) is 4.79 Å². The van der Waals surface area contributed by atoms with Gasteiger partial charge in [0.1, 0.15) is 17.5 Å². The SMILES string of the molecule is COC1(C)CC(c2cccc(CCC(=O)O)c2)(c2cnc(-c3cc(Cc4c(F)cc5[nH]ccc5c4SC)ccc3F)[nH]2)C1. The molecule has 0 bridgehead atoms. The number of H-pyrrole nitrogens is 2. The number of ether oxygens (including phenoxy) is 1. The minimum absolute atomic E-state index is 0.0530. The highest BCUT2D eigenvalue weighted by atomic mass is 32.2. The number of thioether (sulfide) groups is 1. The fourth-order valence-electron chi connectivity index (χ4n) is 6.55. The van der Waals surface area contributed by atoms with E-state index < -0.39 is 17.2 Å². The quantitative estimate of drug-likeness (QED) is 0.143. The first-order valence-electron chi connectivity index (χ1n) is 14.2. The van der Waals surface area contributed by atoms with Gasteiger partial charge in [-0.1, -0.05) is 30.3 Å². The Morgan fingerprint density at radius 2 is 1.91 bits per heavy atom. The van der Waals surface area contributed by atoms with Crippen LogP contribution in [0.2, 0.25) is 0 Å². The molecule has 0 unspecified atom stereocenters. The molecule has 6 rings (SSSR count). The van der Waals surface area contributed by atoms with Crippen LogP contribution in [0.3, 0.4) is 0 Å². The van der Waals surface area contributed by atoms with Crippen molar-refractivity contribution in [3.8, 4) is 11.4 Å². The van der Waals surface area contributed by atoms with Gasteiger partial charge in [-0.15, -0.1) is 11.8 Å². The number of carboxylic acids is 1. The summed E-state index contributed by atoms with van der Waals surface area (Å²) in [4.78, 5) is 23.1. The van der Waals surface area contributed by atoms with E-state index in [4.69, 9.17) is 9.84 Å². The van der Waals surface area contributed by atoms with Gasteiger partial charge in [0.15, 0.2) is 0 Å². The highest BCUT2D eigenvalue weighted by molar-refractivity contribution is 7.98. The maximum atomic E-state index is 15.3. The zero-order chi connectivity index (χ0) is 30.4. The van der Waals surface area contributed by atoms with E-state index in [2.05, 4.69) is 27.9 Å². The van der Waals surface area contributed by atoms with Gasteiger partial charge in [0.05, 0.1) is 11.2 Å². The molecule has 2 aromatic heterocycles. The summed E-state index contributed by atoms with van der Waals surface area (Å²) < 4.78 is 36.3. The number of nitrogens with zero attached hydrogens (tertiary/aromatic N) is 1. The van der Waals surface area contributed by atoms with Gasteiger partial charge < -0.3 is 19.8 Å². The van der Waals surface area contributed by atoms with Crippen LogP contribution in [0.4, 0.5) is 8.78 Å². The van der Waals surface area contributed by atoms with E-state index in [9.17, 15) is 4.79 Å². The summed E-state index contributed by atoms with van der Waals surface area (Å²) in [6.07, 6.45) is 7.64. The lowest BCUT2D eigenvalue weighted by Crippen LogP contribution is -2.54. The van der Waals surface area contributed by atoms with Gasteiger partial charge in [0, 0.05) is 64.8 Å². The van der Waals surface area contributed by atoms with E-state index in [1.54, 1.807) is 31.6 Å². The van der Waals surface area contributed by atoms with Crippen molar-refractivity contribution in [1.29, 1.82) is 0 Å². The lowest BCUT2D eigenvalue weighted by molar-refractivity contribution is -0.136. The molecule has 3 N–H and O–H groups in total. The van der Waals surface area contributed by atoms with Gasteiger partial charge in [-0.2, -0.15) is 0 Å². The minimum atomic E-state index is -0.837. The average molecular weight is 602 g/mol. The predicted octanol–water partition coefficient (Wildman–Crippen LogP) is 7.65. The maximum absolute atomic E-state index is 15.3. The molecule has 0 aliphatic heterocycles. The molecule has 43 heavy (non-hydrogen) atoms. The molecule has 1 aliphatic rings. The maximum Gasteiger partial charge on any atom is 0.303 e. The topological polar surface area (TPSA) is 91.0 Å². The van der Waals surface area contributed by atoms with Crippen molar-refractivity contribution in [2.75, 3.05) is 13.4 Å². The monoisotopic (exact) mass is 601 g/mol. The van der Waals surface area contributed by atoms with Crippen LogP contribution in [0.25, 0.3) is 22.3 Å². The third-order valence-corrected chi connectivity index (χ3v) is 9.65. The Hall–Kier alpha value is -3.95. The molecule has 0 radical (unpaired) electrons. The largest absolute Gasteiger partial charge is 0.481 e. The van der Waals surface area contributed by atoms with Gasteiger partial charge >= 0.3 is 5.97 Å². The van der Waals surface area contributed by atoms with Gasteiger partial charge in [-0.25, -0.2) is 13.8 Å². The van der Waals surface area contributed by atoms with Gasteiger partial charge in [0.25, 0.3) is 0 Å². The highest BCUT2D eigenvalue weighted by Crippen LogP contribution is 2.55. The van der Waals surface area contributed by atoms with Crippen LogP contribution >= 0.6 is 11.8 Å². The van der Waals surface area contributed by atoms with E-state index in [0.717, 1.165) is 38.2 Å². The van der Waals surface area contributed by atoms with Crippen LogP contribution in [0.1, 0.15) is 54.1 Å². The summed E-state index contributed by atoms with van der Waals surface area (Å²) in [6, 6.07) is 16.3. The molecule has 0 saturated heterocycles. The number of aromatic nitrogens is 3. The van der Waals surface area contributed by atoms with Crippen molar-refractivity contribution in [3.63, 3.8) is 0 Å². The number of benzene rings is 3. The molecule has 0 atom stereocenters. The number of carbonyl (C=O) groups is 1. The molecule has 1 aliphatic carbocycles. The standard InChI is InChI=1S/C34H33F2N3O3S/c1-33(42-2)18-34(19-33,22-6-4-5-20(13-22)8-10-30(40)41)29-17-38-32(39-29)25-15-21(7-9-26(25)35)14-24-27(36)16-28-23(11-12-37-28)31(24)43-3/h4-7,9,11-13,15-17,37H,8,10,14,18-19H2,1-3H3,(H,38,39)(H,40,41). The normalized spacial score (nSPS) is 19.9. The van der Waals surface area contributed by atoms with Crippen LogP contribution in [0, 0.1) is 11.6 Å². The number of aliphatic carboxylic acids is 1. The number of aromatic amines is 2. The molecule has 0 spiro atoms. The summed E-state index contributed by atoms with van der Waals surface area (Å²) in [5, 5.41) is 10.1. The molecule has 2 heterocycles. The summed E-state index contributed by atoms with van der Waals surface area (Å²) in [5.74, 6) is -1.16. The highest BCUT2D eigenvalue weighted by Gasteiger charge is 2.55. The Labute approximate surface area is 252 Å². The third kappa shape index (κ3) is 5.36. The van der Waals surface area contributed by atoms with Crippen molar-refractivity contribution in [2.45, 2.75) is 54.9 Å². The molecular formula is C34H33F2N3O3S. The Morgan fingerprint density at radius 3 is 2.65 bits per heavy atom. The van der Waals surface area contributed by atoms with E-state index in [1.165, 1.54) is 23.9 Å². The molecule has 1 fully saturated rings. The second kappa shape index (κ2) is 11.3. The number of carboxylic acid groups (broad SMARTS) is 1. The number of hydrogen-bond acceptors (Lipinski definition) is 4. The number of rotatable bonds is 10. The Morgan fingerprint density at radius 1 is 1.09 bits per heavy atom. The number of methoxy groups -OCH3 is 1. The summed E-state index contributed by atoms with van der Waals surface area (Å²) >= 11 is 1.49. The van der Waals surface area contributed by atoms with Crippen LogP contribution in [0.5, 0.6) is 0 Å². The Balaban J connectivity index is 1.35. The second-order valence-corrected chi connectivity index (χ2v) is 12.4. The molecule has 222 valence electrons. The second-order valence-electron chi connectivity index (χ2n) is 11.6. The number of nitrogens with one attached hydrogen (secondary N) is 2. The molecule has 6 nitrogen and oxygen atoms in total. The smallest absolute Gasteiger partial charge is 0.303 e. The third-order valence-electron chi connectivity index (χ3n) is 8.77. The lowest BCUT2D eigenvalue weighted by Gasteiger charge is -2.53. The minimum Gasteiger partial charge on any atom is -0.481 e. The van der Waals surface area contributed by atoms with E-state index in [-0.39, 0.29) is 17.8 Å². The van der Waals surface area contributed by atoms with Crippen LogP contribution in [0.15, 0.2) is 71.9 Å². The van der Waals surface area contributed by atoms with Crippen molar-refractivity contribution in [2.24, 2.45) is 0 Å². The van der Waals surface area contributed by atoms with Crippen molar-refractivity contribution < 1.29 is 23.4 Å². The number of hydrogen-bond donors (Lipinski definition) is 3. The van der Waals surface area contributed by atoms with E-state index in [0.29, 0.717) is 42.6 Å². The molecule has 5 aromatic rings. The van der Waals surface area contributed by atoms with Crippen LogP contribution in [-0.2, 0) is 27.8 Å². The van der Waals surface area contributed by atoms with Gasteiger partial charge in [0.2, 0.25) is 0 Å². The zero-order valence-electron chi connectivity index (χ0n) is 24.3. The average Bonchev–Trinajstić information content (AvgIpc) is 3.66. The summed E-state index contributed by atoms with van der Waals surface area (Å²) in [6.45, 7) is 2.06. The Bertz CT molecular complexity index is 1820. The molecule has 1 saturated carbocycles. The van der Waals surface area contributed by atoms with Crippen LogP contribution < -0.4 is 0 Å². The lowest BCUT2D eigenvalue weighted by atomic mass is 9.55. The number of halogens is 2. The molecule has 3 aromatic carbocycles. The first-order chi connectivity index (χ1) is 20.6. The predicted molar refractivity (Wildman–Crippen MR) is 165 cm³/mol. The molecule has 9 heteroatoms.